The van der Waals surface area contributed by atoms with E-state index >= 15 is 0 Å². The van der Waals surface area contributed by atoms with Gasteiger partial charge in [0.05, 0.1) is 17.3 Å². The number of hydrogen-bond acceptors (Lipinski definition) is 4. The summed E-state index contributed by atoms with van der Waals surface area (Å²) >= 11 is 3.26. The van der Waals surface area contributed by atoms with Gasteiger partial charge in [0.1, 0.15) is 5.75 Å². The lowest BCUT2D eigenvalue weighted by molar-refractivity contribution is 0.412. The third-order valence-corrected chi connectivity index (χ3v) is 4.50. The number of methoxy groups -OCH3 is 1. The number of H-pyrrole nitrogens is 1. The van der Waals surface area contributed by atoms with Crippen LogP contribution in [-0.2, 0) is 10.0 Å². The molecule has 0 saturated carbocycles. The van der Waals surface area contributed by atoms with E-state index in [1.54, 1.807) is 12.1 Å². The molecule has 20 heavy (non-hydrogen) atoms. The fourth-order valence-electron chi connectivity index (χ4n) is 1.55. The summed E-state index contributed by atoms with van der Waals surface area (Å²) < 4.78 is 32.2. The zero-order chi connectivity index (χ0) is 14.8. The Balaban J connectivity index is 2.36. The summed E-state index contributed by atoms with van der Waals surface area (Å²) in [6.45, 7) is 0. The minimum atomic E-state index is -3.94. The van der Waals surface area contributed by atoms with Gasteiger partial charge in [-0.05, 0) is 34.1 Å². The molecule has 0 unspecified atom stereocenters. The van der Waals surface area contributed by atoms with Gasteiger partial charge in [0, 0.05) is 18.5 Å². The zero-order valence-electron chi connectivity index (χ0n) is 10.4. The van der Waals surface area contributed by atoms with E-state index < -0.39 is 15.5 Å². The molecule has 0 atom stereocenters. The summed E-state index contributed by atoms with van der Waals surface area (Å²) in [5, 5.41) is 0. The molecule has 8 heteroatoms. The van der Waals surface area contributed by atoms with Crippen LogP contribution in [-0.4, -0.2) is 20.5 Å². The van der Waals surface area contributed by atoms with Crippen LogP contribution in [0.5, 0.6) is 5.75 Å². The molecule has 0 fully saturated rings. The van der Waals surface area contributed by atoms with Crippen LogP contribution in [0.15, 0.2) is 50.8 Å². The summed E-state index contributed by atoms with van der Waals surface area (Å²) in [6, 6.07) is 5.85. The van der Waals surface area contributed by atoms with Crippen molar-refractivity contribution in [3.63, 3.8) is 0 Å². The number of rotatable bonds is 4. The first-order chi connectivity index (χ1) is 9.44. The van der Waals surface area contributed by atoms with Gasteiger partial charge in [0.2, 0.25) is 5.43 Å². The van der Waals surface area contributed by atoms with E-state index in [9.17, 15) is 13.2 Å². The Morgan fingerprint density at radius 1 is 1.30 bits per heavy atom. The van der Waals surface area contributed by atoms with E-state index in [-0.39, 0.29) is 4.90 Å². The van der Waals surface area contributed by atoms with Crippen molar-refractivity contribution in [1.29, 1.82) is 0 Å². The van der Waals surface area contributed by atoms with Gasteiger partial charge in [-0.3, -0.25) is 9.52 Å². The second-order valence-corrected chi connectivity index (χ2v) is 6.33. The predicted molar refractivity (Wildman–Crippen MR) is 78.6 cm³/mol. The Hall–Kier alpha value is -1.80. The van der Waals surface area contributed by atoms with Crippen LogP contribution in [0.3, 0.4) is 0 Å². The van der Waals surface area contributed by atoms with Crippen LogP contribution in [0.2, 0.25) is 0 Å². The SMILES string of the molecule is COc1ccc(NS(=O)(=O)c2c[nH]ccc2=O)cc1Br. The Bertz CT molecular complexity index is 786. The molecular weight excluding hydrogens is 348 g/mol. The van der Waals surface area contributed by atoms with Crippen molar-refractivity contribution in [2.75, 3.05) is 11.8 Å². The number of pyridine rings is 1. The number of ether oxygens (including phenoxy) is 1. The van der Waals surface area contributed by atoms with Crippen molar-refractivity contribution in [3.05, 3.63) is 51.4 Å². The molecule has 1 aromatic carbocycles. The molecular formula is C12H11BrN2O4S. The number of anilines is 1. The first-order valence-corrected chi connectivity index (χ1v) is 7.75. The first-order valence-electron chi connectivity index (χ1n) is 5.47. The molecule has 0 radical (unpaired) electrons. The van der Waals surface area contributed by atoms with Gasteiger partial charge in [-0.2, -0.15) is 0 Å². The van der Waals surface area contributed by atoms with Gasteiger partial charge in [0.25, 0.3) is 10.0 Å². The maximum Gasteiger partial charge on any atom is 0.267 e. The van der Waals surface area contributed by atoms with E-state index in [4.69, 9.17) is 4.74 Å². The number of aromatic nitrogens is 1. The van der Waals surface area contributed by atoms with Crippen LogP contribution < -0.4 is 14.9 Å². The van der Waals surface area contributed by atoms with Crippen LogP contribution in [0.4, 0.5) is 5.69 Å². The van der Waals surface area contributed by atoms with E-state index in [2.05, 4.69) is 25.6 Å². The molecule has 2 aromatic rings. The third-order valence-electron chi connectivity index (χ3n) is 2.48. The molecule has 0 spiro atoms. The fraction of sp³-hybridized carbons (Fsp3) is 0.0833. The fourth-order valence-corrected chi connectivity index (χ4v) is 3.19. The lowest BCUT2D eigenvalue weighted by Gasteiger charge is -2.09. The van der Waals surface area contributed by atoms with E-state index in [0.29, 0.717) is 15.9 Å². The Labute approximate surface area is 124 Å². The second kappa shape index (κ2) is 5.68. The van der Waals surface area contributed by atoms with Gasteiger partial charge in [-0.1, -0.05) is 0 Å². The van der Waals surface area contributed by atoms with Crippen molar-refractivity contribution in [3.8, 4) is 5.75 Å². The van der Waals surface area contributed by atoms with Crippen LogP contribution in [0.25, 0.3) is 0 Å². The van der Waals surface area contributed by atoms with E-state index in [1.807, 2.05) is 0 Å². The smallest absolute Gasteiger partial charge is 0.267 e. The monoisotopic (exact) mass is 358 g/mol. The molecule has 2 N–H and O–H groups in total. The number of nitrogens with one attached hydrogen (secondary N) is 2. The molecule has 106 valence electrons. The summed E-state index contributed by atoms with van der Waals surface area (Å²) in [4.78, 5) is 13.8. The molecule has 0 aliphatic carbocycles. The maximum atomic E-state index is 12.1. The summed E-state index contributed by atoms with van der Waals surface area (Å²) in [7, 11) is -2.43. The number of sulfonamides is 1. The average Bonchev–Trinajstić information content (AvgIpc) is 2.38. The standard InChI is InChI=1S/C12H11BrN2O4S/c1-19-11-3-2-8(6-9(11)13)15-20(17,18)12-7-14-5-4-10(12)16/h2-7,15H,1H3,(H,14,16). The van der Waals surface area contributed by atoms with Gasteiger partial charge in [-0.25, -0.2) is 8.42 Å². The third kappa shape index (κ3) is 3.02. The van der Waals surface area contributed by atoms with Crippen LogP contribution in [0, 0.1) is 0 Å². The molecule has 1 heterocycles. The molecule has 0 aliphatic rings. The molecule has 6 nitrogen and oxygen atoms in total. The molecule has 0 aliphatic heterocycles. The molecule has 0 saturated heterocycles. The predicted octanol–water partition coefficient (Wildman–Crippen LogP) is 1.95. The lowest BCUT2D eigenvalue weighted by atomic mass is 10.3. The quantitative estimate of drug-likeness (QED) is 0.873. The number of benzene rings is 1. The highest BCUT2D eigenvalue weighted by Crippen LogP contribution is 2.28. The van der Waals surface area contributed by atoms with Crippen LogP contribution >= 0.6 is 15.9 Å². The highest BCUT2D eigenvalue weighted by atomic mass is 79.9. The minimum Gasteiger partial charge on any atom is -0.496 e. The highest BCUT2D eigenvalue weighted by molar-refractivity contribution is 9.10. The number of halogens is 1. The van der Waals surface area contributed by atoms with E-state index in [1.165, 1.54) is 19.4 Å². The van der Waals surface area contributed by atoms with Gasteiger partial charge in [0.15, 0.2) is 4.90 Å². The van der Waals surface area contributed by atoms with Gasteiger partial charge < -0.3 is 9.72 Å². The maximum absolute atomic E-state index is 12.1. The Kier molecular flexibility index (Phi) is 4.15. The Morgan fingerprint density at radius 3 is 2.65 bits per heavy atom. The molecule has 2 rings (SSSR count). The second-order valence-electron chi connectivity index (χ2n) is 3.83. The van der Waals surface area contributed by atoms with Gasteiger partial charge >= 0.3 is 0 Å². The molecule has 0 amide bonds. The lowest BCUT2D eigenvalue weighted by Crippen LogP contribution is -2.20. The summed E-state index contributed by atoms with van der Waals surface area (Å²) in [6.07, 6.45) is 2.51. The van der Waals surface area contributed by atoms with Gasteiger partial charge in [-0.15, -0.1) is 0 Å². The highest BCUT2D eigenvalue weighted by Gasteiger charge is 2.18. The van der Waals surface area contributed by atoms with Crippen molar-refractivity contribution in [2.24, 2.45) is 0 Å². The van der Waals surface area contributed by atoms with Crippen LogP contribution in [0.1, 0.15) is 0 Å². The van der Waals surface area contributed by atoms with Crippen molar-refractivity contribution < 1.29 is 13.2 Å². The van der Waals surface area contributed by atoms with E-state index in [0.717, 1.165) is 12.3 Å². The first kappa shape index (κ1) is 14.6. The Morgan fingerprint density at radius 2 is 2.05 bits per heavy atom. The van der Waals surface area contributed by atoms with Crippen molar-refractivity contribution >= 4 is 31.6 Å². The minimum absolute atomic E-state index is 0.320. The van der Waals surface area contributed by atoms with Crippen molar-refractivity contribution in [2.45, 2.75) is 4.90 Å². The zero-order valence-corrected chi connectivity index (χ0v) is 12.8. The summed E-state index contributed by atoms with van der Waals surface area (Å²) in [5.74, 6) is 0.575. The topological polar surface area (TPSA) is 88.3 Å². The molecule has 1 aromatic heterocycles. The normalized spacial score (nSPS) is 11.1. The molecule has 0 bridgehead atoms. The number of hydrogen-bond donors (Lipinski definition) is 2. The largest absolute Gasteiger partial charge is 0.496 e. The van der Waals surface area contributed by atoms with Crippen molar-refractivity contribution in [1.82, 2.24) is 4.98 Å². The average molecular weight is 359 g/mol. The number of aromatic amines is 1. The summed E-state index contributed by atoms with van der Waals surface area (Å²) in [5.41, 5.74) is -0.259.